The van der Waals surface area contributed by atoms with Gasteiger partial charge in [-0.25, -0.2) is 0 Å². The summed E-state index contributed by atoms with van der Waals surface area (Å²) in [5, 5.41) is 4.81. The molecule has 1 fully saturated rings. The van der Waals surface area contributed by atoms with E-state index in [1.165, 1.54) is 39.7 Å². The van der Waals surface area contributed by atoms with Gasteiger partial charge in [-0.05, 0) is 40.9 Å². The number of fused-ring (bicyclic) bond motifs is 1. The Balaban J connectivity index is 1.87. The Morgan fingerprint density at radius 1 is 1.25 bits per heavy atom. The van der Waals surface area contributed by atoms with Gasteiger partial charge in [-0.1, -0.05) is 12.1 Å². The van der Waals surface area contributed by atoms with E-state index >= 15 is 0 Å². The minimum atomic E-state index is 1.13. The van der Waals surface area contributed by atoms with Gasteiger partial charge in [0.1, 0.15) is 0 Å². The molecule has 1 N–H and O–H groups in total. The lowest BCUT2D eigenvalue weighted by molar-refractivity contribution is 0.244. The molecule has 0 spiro atoms. The third-order valence-electron chi connectivity index (χ3n) is 4.47. The van der Waals surface area contributed by atoms with Crippen molar-refractivity contribution in [3.63, 3.8) is 0 Å². The van der Waals surface area contributed by atoms with E-state index < -0.39 is 0 Å². The lowest BCUT2D eigenvalue weighted by Gasteiger charge is -2.27. The molecular formula is C16H22BrN3. The van der Waals surface area contributed by atoms with Crippen LogP contribution in [0.15, 0.2) is 22.7 Å². The van der Waals surface area contributed by atoms with Gasteiger partial charge >= 0.3 is 0 Å². The maximum atomic E-state index is 3.68. The molecule has 0 atom stereocenters. The largest absolute Gasteiger partial charge is 0.347 e. The number of para-hydroxylation sites is 1. The summed E-state index contributed by atoms with van der Waals surface area (Å²) in [6, 6.07) is 6.52. The van der Waals surface area contributed by atoms with E-state index in [-0.39, 0.29) is 0 Å². The maximum absolute atomic E-state index is 3.68. The molecule has 4 heteroatoms. The molecular weight excluding hydrogens is 314 g/mol. The summed E-state index contributed by atoms with van der Waals surface area (Å²) in [5.74, 6) is 0. The minimum Gasteiger partial charge on any atom is -0.347 e. The Morgan fingerprint density at radius 3 is 2.75 bits per heavy atom. The van der Waals surface area contributed by atoms with E-state index in [4.69, 9.17) is 0 Å². The third kappa shape index (κ3) is 2.52. The van der Waals surface area contributed by atoms with E-state index in [0.717, 1.165) is 26.1 Å². The van der Waals surface area contributed by atoms with Crippen molar-refractivity contribution in [3.05, 3.63) is 33.9 Å². The Labute approximate surface area is 129 Å². The van der Waals surface area contributed by atoms with Crippen LogP contribution in [0.2, 0.25) is 0 Å². The molecule has 2 heterocycles. The van der Waals surface area contributed by atoms with E-state index in [1.54, 1.807) is 0 Å². The smallest absolute Gasteiger partial charge is 0.0627 e. The van der Waals surface area contributed by atoms with Gasteiger partial charge in [0.15, 0.2) is 0 Å². The van der Waals surface area contributed by atoms with Crippen LogP contribution in [0, 0.1) is 6.92 Å². The van der Waals surface area contributed by atoms with Crippen LogP contribution < -0.4 is 5.32 Å². The van der Waals surface area contributed by atoms with Crippen molar-refractivity contribution in [2.24, 2.45) is 7.05 Å². The average molecular weight is 336 g/mol. The number of rotatable bonds is 3. The monoisotopic (exact) mass is 335 g/mol. The highest BCUT2D eigenvalue weighted by Gasteiger charge is 2.15. The molecule has 0 aliphatic carbocycles. The molecule has 1 aromatic carbocycles. The maximum Gasteiger partial charge on any atom is 0.0627 e. The average Bonchev–Trinajstić information content (AvgIpc) is 2.71. The van der Waals surface area contributed by atoms with Gasteiger partial charge in [0.05, 0.1) is 5.52 Å². The molecule has 3 rings (SSSR count). The fourth-order valence-corrected chi connectivity index (χ4v) is 3.82. The Kier molecular flexibility index (Phi) is 4.15. The quantitative estimate of drug-likeness (QED) is 0.930. The summed E-state index contributed by atoms with van der Waals surface area (Å²) in [6.07, 6.45) is 1.14. The molecule has 0 bridgehead atoms. The van der Waals surface area contributed by atoms with Crippen molar-refractivity contribution in [1.82, 2.24) is 14.8 Å². The number of benzene rings is 1. The molecule has 1 aliphatic heterocycles. The van der Waals surface area contributed by atoms with Crippen molar-refractivity contribution in [2.45, 2.75) is 13.3 Å². The summed E-state index contributed by atoms with van der Waals surface area (Å²) >= 11 is 3.68. The van der Waals surface area contributed by atoms with Crippen LogP contribution in [0.3, 0.4) is 0 Å². The van der Waals surface area contributed by atoms with Crippen LogP contribution in [0.1, 0.15) is 11.3 Å². The SMILES string of the molecule is Cc1c(CCN2CCNCC2)c2cccc(Br)c2n1C. The second-order valence-electron chi connectivity index (χ2n) is 5.60. The first-order valence-corrected chi connectivity index (χ1v) is 8.13. The van der Waals surface area contributed by atoms with Gasteiger partial charge in [0, 0.05) is 55.3 Å². The summed E-state index contributed by atoms with van der Waals surface area (Å²) in [6.45, 7) is 7.99. The zero-order chi connectivity index (χ0) is 14.1. The fraction of sp³-hybridized carbons (Fsp3) is 0.500. The number of halogens is 1. The van der Waals surface area contributed by atoms with E-state index in [0.29, 0.717) is 0 Å². The molecule has 108 valence electrons. The fourth-order valence-electron chi connectivity index (χ4n) is 3.19. The van der Waals surface area contributed by atoms with E-state index in [2.05, 4.69) is 62.9 Å². The lowest BCUT2D eigenvalue weighted by atomic mass is 10.1. The first-order valence-electron chi connectivity index (χ1n) is 7.34. The Morgan fingerprint density at radius 2 is 2.00 bits per heavy atom. The van der Waals surface area contributed by atoms with Gasteiger partial charge < -0.3 is 14.8 Å². The summed E-state index contributed by atoms with van der Waals surface area (Å²) in [4.78, 5) is 2.56. The summed E-state index contributed by atoms with van der Waals surface area (Å²) in [7, 11) is 2.16. The second kappa shape index (κ2) is 5.88. The molecule has 20 heavy (non-hydrogen) atoms. The number of nitrogens with one attached hydrogen (secondary N) is 1. The van der Waals surface area contributed by atoms with Crippen molar-refractivity contribution in [1.29, 1.82) is 0 Å². The molecule has 1 aromatic heterocycles. The molecule has 3 nitrogen and oxygen atoms in total. The standard InChI is InChI=1S/C16H22BrN3/c1-12-13(6-9-20-10-7-18-8-11-20)14-4-3-5-15(17)16(14)19(12)2/h3-5,18H,6-11H2,1-2H3. The second-order valence-corrected chi connectivity index (χ2v) is 6.45. The highest BCUT2D eigenvalue weighted by Crippen LogP contribution is 2.30. The summed E-state index contributed by atoms with van der Waals surface area (Å²) < 4.78 is 3.50. The van der Waals surface area contributed by atoms with Gasteiger partial charge in [-0.2, -0.15) is 0 Å². The van der Waals surface area contributed by atoms with Crippen molar-refractivity contribution in [3.8, 4) is 0 Å². The zero-order valence-electron chi connectivity index (χ0n) is 12.2. The van der Waals surface area contributed by atoms with Crippen LogP contribution in [0.4, 0.5) is 0 Å². The van der Waals surface area contributed by atoms with Gasteiger partial charge in [0.2, 0.25) is 0 Å². The highest BCUT2D eigenvalue weighted by atomic mass is 79.9. The van der Waals surface area contributed by atoms with Gasteiger partial charge in [-0.3, -0.25) is 0 Å². The number of piperazine rings is 1. The summed E-state index contributed by atoms with van der Waals surface area (Å²) in [5.41, 5.74) is 4.21. The van der Waals surface area contributed by atoms with Crippen LogP contribution >= 0.6 is 15.9 Å². The normalized spacial score (nSPS) is 16.9. The number of hydrogen-bond donors (Lipinski definition) is 1. The Hall–Kier alpha value is -0.840. The van der Waals surface area contributed by atoms with E-state index in [9.17, 15) is 0 Å². The van der Waals surface area contributed by atoms with Crippen LogP contribution in [0.5, 0.6) is 0 Å². The first-order chi connectivity index (χ1) is 9.68. The molecule has 1 saturated heterocycles. The zero-order valence-corrected chi connectivity index (χ0v) is 13.8. The van der Waals surface area contributed by atoms with Crippen molar-refractivity contribution in [2.75, 3.05) is 32.7 Å². The minimum absolute atomic E-state index is 1.13. The molecule has 2 aromatic rings. The van der Waals surface area contributed by atoms with Crippen LogP contribution in [0.25, 0.3) is 10.9 Å². The molecule has 0 unspecified atom stereocenters. The van der Waals surface area contributed by atoms with Crippen molar-refractivity contribution >= 4 is 26.8 Å². The number of nitrogens with zero attached hydrogens (tertiary/aromatic N) is 2. The van der Waals surface area contributed by atoms with Crippen LogP contribution in [-0.4, -0.2) is 42.2 Å². The molecule has 0 radical (unpaired) electrons. The van der Waals surface area contributed by atoms with E-state index in [1.807, 2.05) is 0 Å². The first kappa shape index (κ1) is 14.1. The lowest BCUT2D eigenvalue weighted by Crippen LogP contribution is -2.44. The number of aromatic nitrogens is 1. The van der Waals surface area contributed by atoms with Crippen molar-refractivity contribution < 1.29 is 0 Å². The highest BCUT2D eigenvalue weighted by molar-refractivity contribution is 9.10. The number of aryl methyl sites for hydroxylation is 1. The van der Waals surface area contributed by atoms with Crippen LogP contribution in [-0.2, 0) is 13.5 Å². The third-order valence-corrected chi connectivity index (χ3v) is 5.11. The predicted molar refractivity (Wildman–Crippen MR) is 88.4 cm³/mol. The molecule has 0 amide bonds. The molecule has 1 aliphatic rings. The van der Waals surface area contributed by atoms with Gasteiger partial charge in [0.25, 0.3) is 0 Å². The Bertz CT molecular complexity index is 612. The topological polar surface area (TPSA) is 20.2 Å². The molecule has 0 saturated carbocycles. The number of hydrogen-bond acceptors (Lipinski definition) is 2. The van der Waals surface area contributed by atoms with Gasteiger partial charge in [-0.15, -0.1) is 0 Å². The predicted octanol–water partition coefficient (Wildman–Crippen LogP) is 2.70.